The molecule has 0 aliphatic heterocycles. The molecule has 0 N–H and O–H groups in total. The Labute approximate surface area is 101 Å². The van der Waals surface area contributed by atoms with E-state index in [0.29, 0.717) is 11.9 Å². The predicted octanol–water partition coefficient (Wildman–Crippen LogP) is 3.33. The van der Waals surface area contributed by atoms with Gasteiger partial charge in [-0.05, 0) is 25.3 Å². The molecule has 0 amide bonds. The predicted molar refractivity (Wildman–Crippen MR) is 68.3 cm³/mol. The summed E-state index contributed by atoms with van der Waals surface area (Å²) in [4.78, 5) is 4.23. The number of allylic oxidation sites excluding steroid dienone is 2. The summed E-state index contributed by atoms with van der Waals surface area (Å²) in [6.07, 6.45) is 12.3. The molecular weight excluding hydrogens is 212 g/mol. The van der Waals surface area contributed by atoms with Gasteiger partial charge in [-0.2, -0.15) is 0 Å². The summed E-state index contributed by atoms with van der Waals surface area (Å²) >= 11 is 0. The highest BCUT2D eigenvalue weighted by atomic mass is 16.5. The van der Waals surface area contributed by atoms with Crippen molar-refractivity contribution in [1.29, 1.82) is 0 Å². The molecule has 2 aromatic rings. The lowest BCUT2D eigenvalue weighted by Gasteiger charge is -2.19. The van der Waals surface area contributed by atoms with Crippen LogP contribution in [0.15, 0.2) is 36.7 Å². The van der Waals surface area contributed by atoms with E-state index in [-0.39, 0.29) is 0 Å². The maximum Gasteiger partial charge on any atom is 0.215 e. The molecule has 88 valence electrons. The van der Waals surface area contributed by atoms with Crippen LogP contribution in [0.2, 0.25) is 0 Å². The van der Waals surface area contributed by atoms with Crippen LogP contribution in [0.1, 0.15) is 25.3 Å². The van der Waals surface area contributed by atoms with E-state index >= 15 is 0 Å². The van der Waals surface area contributed by atoms with Gasteiger partial charge in [0, 0.05) is 23.8 Å². The van der Waals surface area contributed by atoms with Gasteiger partial charge in [-0.1, -0.05) is 12.2 Å². The summed E-state index contributed by atoms with van der Waals surface area (Å²) in [6, 6.07) is 4.61. The zero-order valence-corrected chi connectivity index (χ0v) is 9.97. The van der Waals surface area contributed by atoms with Gasteiger partial charge >= 0.3 is 0 Å². The summed E-state index contributed by atoms with van der Waals surface area (Å²) in [5, 5.41) is 1.17. The fourth-order valence-corrected chi connectivity index (χ4v) is 2.46. The molecule has 3 heteroatoms. The van der Waals surface area contributed by atoms with Gasteiger partial charge in [0.2, 0.25) is 5.88 Å². The molecule has 0 saturated carbocycles. The molecule has 0 bridgehead atoms. The van der Waals surface area contributed by atoms with E-state index in [0.717, 1.165) is 0 Å². The molecule has 2 aromatic heterocycles. The normalized spacial score (nSPS) is 19.7. The second kappa shape index (κ2) is 4.24. The SMILES string of the molecule is COc1cc2c(ccn2C2C=CCCC2)cn1. The first-order valence-electron chi connectivity index (χ1n) is 6.06. The highest BCUT2D eigenvalue weighted by Gasteiger charge is 2.13. The maximum absolute atomic E-state index is 5.19. The van der Waals surface area contributed by atoms with Gasteiger partial charge in [-0.15, -0.1) is 0 Å². The number of hydrogen-bond donors (Lipinski definition) is 0. The Kier molecular flexibility index (Phi) is 2.59. The molecule has 0 fully saturated rings. The van der Waals surface area contributed by atoms with Gasteiger partial charge in [0.05, 0.1) is 18.7 Å². The van der Waals surface area contributed by atoms with Gasteiger partial charge in [0.15, 0.2) is 0 Å². The average Bonchev–Trinajstić information content (AvgIpc) is 2.82. The first-order chi connectivity index (χ1) is 8.38. The zero-order chi connectivity index (χ0) is 11.7. The molecule has 0 saturated heterocycles. The van der Waals surface area contributed by atoms with Crippen LogP contribution in [0.4, 0.5) is 0 Å². The second-order valence-electron chi connectivity index (χ2n) is 4.43. The smallest absolute Gasteiger partial charge is 0.215 e. The third-order valence-corrected chi connectivity index (χ3v) is 3.38. The Morgan fingerprint density at radius 3 is 3.18 bits per heavy atom. The average molecular weight is 228 g/mol. The van der Waals surface area contributed by atoms with Crippen LogP contribution < -0.4 is 4.74 Å². The van der Waals surface area contributed by atoms with E-state index in [4.69, 9.17) is 4.74 Å². The lowest BCUT2D eigenvalue weighted by Crippen LogP contribution is -2.07. The summed E-state index contributed by atoms with van der Waals surface area (Å²) in [5.41, 5.74) is 1.20. The van der Waals surface area contributed by atoms with Crippen molar-refractivity contribution in [2.24, 2.45) is 0 Å². The van der Waals surface area contributed by atoms with Gasteiger partial charge in [-0.25, -0.2) is 4.98 Å². The molecule has 3 nitrogen and oxygen atoms in total. The molecule has 1 atom stereocenters. The van der Waals surface area contributed by atoms with Gasteiger partial charge in [0.1, 0.15) is 0 Å². The van der Waals surface area contributed by atoms with Crippen LogP contribution in [0.25, 0.3) is 10.9 Å². The largest absolute Gasteiger partial charge is 0.481 e. The zero-order valence-electron chi connectivity index (χ0n) is 9.97. The van der Waals surface area contributed by atoms with Crippen LogP contribution in [-0.4, -0.2) is 16.7 Å². The number of fused-ring (bicyclic) bond motifs is 1. The minimum absolute atomic E-state index is 0.480. The number of aromatic nitrogens is 2. The number of hydrogen-bond acceptors (Lipinski definition) is 2. The number of ether oxygens (including phenoxy) is 1. The monoisotopic (exact) mass is 228 g/mol. The Morgan fingerprint density at radius 2 is 2.41 bits per heavy atom. The van der Waals surface area contributed by atoms with Gasteiger partial charge in [0.25, 0.3) is 0 Å². The fraction of sp³-hybridized carbons (Fsp3) is 0.357. The number of methoxy groups -OCH3 is 1. The quantitative estimate of drug-likeness (QED) is 0.737. The van der Waals surface area contributed by atoms with Gasteiger partial charge in [-0.3, -0.25) is 0 Å². The summed E-state index contributed by atoms with van der Waals surface area (Å²) < 4.78 is 7.51. The fourth-order valence-electron chi connectivity index (χ4n) is 2.46. The van der Waals surface area contributed by atoms with Crippen LogP contribution >= 0.6 is 0 Å². The third kappa shape index (κ3) is 1.82. The molecule has 0 radical (unpaired) electrons. The van der Waals surface area contributed by atoms with E-state index < -0.39 is 0 Å². The van der Waals surface area contributed by atoms with Crippen molar-refractivity contribution in [2.45, 2.75) is 25.3 Å². The molecule has 3 rings (SSSR count). The van der Waals surface area contributed by atoms with Crippen molar-refractivity contribution in [3.63, 3.8) is 0 Å². The number of nitrogens with zero attached hydrogens (tertiary/aromatic N) is 2. The van der Waals surface area contributed by atoms with Crippen molar-refractivity contribution in [3.05, 3.63) is 36.7 Å². The van der Waals surface area contributed by atoms with E-state index in [1.165, 1.54) is 30.2 Å². The van der Waals surface area contributed by atoms with Crippen molar-refractivity contribution in [1.82, 2.24) is 9.55 Å². The topological polar surface area (TPSA) is 27.1 Å². The van der Waals surface area contributed by atoms with Crippen molar-refractivity contribution in [3.8, 4) is 5.88 Å². The minimum Gasteiger partial charge on any atom is -0.481 e. The summed E-state index contributed by atoms with van der Waals surface area (Å²) in [6.45, 7) is 0. The van der Waals surface area contributed by atoms with Crippen LogP contribution in [0.3, 0.4) is 0 Å². The van der Waals surface area contributed by atoms with Crippen molar-refractivity contribution >= 4 is 10.9 Å². The molecule has 2 heterocycles. The van der Waals surface area contributed by atoms with Crippen LogP contribution in [0, 0.1) is 0 Å². The number of pyridine rings is 1. The van der Waals surface area contributed by atoms with Crippen molar-refractivity contribution < 1.29 is 4.74 Å². The molecule has 1 unspecified atom stereocenters. The maximum atomic E-state index is 5.19. The molecule has 17 heavy (non-hydrogen) atoms. The van der Waals surface area contributed by atoms with Gasteiger partial charge < -0.3 is 9.30 Å². The molecular formula is C14H16N2O. The Balaban J connectivity index is 2.09. The standard InChI is InChI=1S/C14H16N2O/c1-17-14-9-13-11(10-15-14)7-8-16(13)12-5-3-2-4-6-12/h3,5,7-10,12H,2,4,6H2,1H3. The van der Waals surface area contributed by atoms with E-state index in [2.05, 4.69) is 34.0 Å². The highest BCUT2D eigenvalue weighted by molar-refractivity contribution is 5.80. The van der Waals surface area contributed by atoms with Crippen LogP contribution in [0.5, 0.6) is 5.88 Å². The van der Waals surface area contributed by atoms with E-state index in [1.807, 2.05) is 12.3 Å². The molecule has 1 aliphatic rings. The number of rotatable bonds is 2. The lowest BCUT2D eigenvalue weighted by atomic mass is 10.0. The first kappa shape index (κ1) is 10.4. The Morgan fingerprint density at radius 1 is 1.47 bits per heavy atom. The van der Waals surface area contributed by atoms with Crippen molar-refractivity contribution in [2.75, 3.05) is 7.11 Å². The summed E-state index contributed by atoms with van der Waals surface area (Å²) in [7, 11) is 1.65. The second-order valence-corrected chi connectivity index (χ2v) is 4.43. The molecule has 0 spiro atoms. The van der Waals surface area contributed by atoms with E-state index in [1.54, 1.807) is 7.11 Å². The minimum atomic E-state index is 0.480. The third-order valence-electron chi connectivity index (χ3n) is 3.38. The molecule has 0 aromatic carbocycles. The first-order valence-corrected chi connectivity index (χ1v) is 6.06. The Hall–Kier alpha value is -1.77. The molecule has 1 aliphatic carbocycles. The van der Waals surface area contributed by atoms with Crippen LogP contribution in [-0.2, 0) is 0 Å². The Bertz CT molecular complexity index is 556. The highest BCUT2D eigenvalue weighted by Crippen LogP contribution is 2.28. The van der Waals surface area contributed by atoms with E-state index in [9.17, 15) is 0 Å². The lowest BCUT2D eigenvalue weighted by molar-refractivity contribution is 0.398. The summed E-state index contributed by atoms with van der Waals surface area (Å²) in [5.74, 6) is 0.678.